The van der Waals surface area contributed by atoms with Gasteiger partial charge in [0.2, 0.25) is 5.95 Å². The number of methoxy groups -OCH3 is 1. The molecule has 0 fully saturated rings. The van der Waals surface area contributed by atoms with Crippen molar-refractivity contribution < 1.29 is 4.74 Å². The summed E-state index contributed by atoms with van der Waals surface area (Å²) < 4.78 is 5.32. The molecule has 2 aromatic carbocycles. The third kappa shape index (κ3) is 4.36. The first-order valence-corrected chi connectivity index (χ1v) is 8.09. The summed E-state index contributed by atoms with van der Waals surface area (Å²) >= 11 is 6.05. The standard InChI is InChI=1S/C18H18ClN5O/c1-24(12-13-6-4-3-5-7-13)17-11-20-23-18(22-17)21-15-10-14(19)8-9-16(15)25-2/h3-11H,12H2,1-2H3,(H,21,22,23). The molecule has 0 saturated heterocycles. The molecule has 1 aromatic heterocycles. The number of halogens is 1. The van der Waals surface area contributed by atoms with E-state index >= 15 is 0 Å². The van der Waals surface area contributed by atoms with Crippen LogP contribution in [0, 0.1) is 0 Å². The van der Waals surface area contributed by atoms with Gasteiger partial charge in [-0.3, -0.25) is 0 Å². The van der Waals surface area contributed by atoms with Crippen molar-refractivity contribution in [3.05, 3.63) is 65.3 Å². The number of anilines is 3. The summed E-state index contributed by atoms with van der Waals surface area (Å²) in [7, 11) is 3.55. The van der Waals surface area contributed by atoms with Crippen molar-refractivity contribution in [3.8, 4) is 5.75 Å². The number of nitrogens with zero attached hydrogens (tertiary/aromatic N) is 4. The normalized spacial score (nSPS) is 10.4. The lowest BCUT2D eigenvalue weighted by Gasteiger charge is -2.18. The molecular formula is C18H18ClN5O. The molecule has 0 radical (unpaired) electrons. The molecule has 0 aliphatic carbocycles. The third-order valence-corrected chi connectivity index (χ3v) is 3.84. The molecule has 1 heterocycles. The second-order valence-corrected chi connectivity index (χ2v) is 5.89. The van der Waals surface area contributed by atoms with Crippen molar-refractivity contribution in [1.29, 1.82) is 0 Å². The van der Waals surface area contributed by atoms with Gasteiger partial charge in [-0.05, 0) is 23.8 Å². The Morgan fingerprint density at radius 3 is 2.72 bits per heavy atom. The van der Waals surface area contributed by atoms with E-state index in [1.807, 2.05) is 30.1 Å². The van der Waals surface area contributed by atoms with Gasteiger partial charge < -0.3 is 15.0 Å². The predicted molar refractivity (Wildman–Crippen MR) is 99.7 cm³/mol. The zero-order valence-electron chi connectivity index (χ0n) is 14.0. The van der Waals surface area contributed by atoms with Crippen LogP contribution in [-0.2, 0) is 6.54 Å². The highest BCUT2D eigenvalue weighted by molar-refractivity contribution is 6.31. The highest BCUT2D eigenvalue weighted by atomic mass is 35.5. The van der Waals surface area contributed by atoms with Gasteiger partial charge in [0.05, 0.1) is 19.0 Å². The monoisotopic (exact) mass is 355 g/mol. The smallest absolute Gasteiger partial charge is 0.249 e. The van der Waals surface area contributed by atoms with Crippen LogP contribution in [0.15, 0.2) is 54.7 Å². The average molecular weight is 356 g/mol. The number of hydrogen-bond acceptors (Lipinski definition) is 6. The number of rotatable bonds is 6. The Balaban J connectivity index is 1.79. The molecule has 0 saturated carbocycles. The van der Waals surface area contributed by atoms with Crippen LogP contribution in [-0.4, -0.2) is 29.3 Å². The van der Waals surface area contributed by atoms with Gasteiger partial charge in [-0.25, -0.2) is 0 Å². The molecule has 1 N–H and O–H groups in total. The molecular weight excluding hydrogens is 338 g/mol. The van der Waals surface area contributed by atoms with Crippen LogP contribution in [0.3, 0.4) is 0 Å². The van der Waals surface area contributed by atoms with E-state index in [4.69, 9.17) is 16.3 Å². The first-order chi connectivity index (χ1) is 12.2. The first kappa shape index (κ1) is 17.0. The van der Waals surface area contributed by atoms with Crippen molar-refractivity contribution in [3.63, 3.8) is 0 Å². The van der Waals surface area contributed by atoms with Gasteiger partial charge in [0.15, 0.2) is 5.82 Å². The van der Waals surface area contributed by atoms with Crippen molar-refractivity contribution in [2.24, 2.45) is 0 Å². The summed E-state index contributed by atoms with van der Waals surface area (Å²) in [4.78, 5) is 6.52. The summed E-state index contributed by atoms with van der Waals surface area (Å²) in [5.74, 6) is 1.73. The van der Waals surface area contributed by atoms with E-state index in [1.54, 1.807) is 31.5 Å². The zero-order chi connectivity index (χ0) is 17.6. The van der Waals surface area contributed by atoms with E-state index in [0.29, 0.717) is 28.2 Å². The quantitative estimate of drug-likeness (QED) is 0.723. The number of ether oxygens (including phenoxy) is 1. The fourth-order valence-corrected chi connectivity index (χ4v) is 2.54. The van der Waals surface area contributed by atoms with Gasteiger partial charge in [-0.2, -0.15) is 10.1 Å². The maximum Gasteiger partial charge on any atom is 0.249 e. The van der Waals surface area contributed by atoms with E-state index in [2.05, 4.69) is 32.6 Å². The van der Waals surface area contributed by atoms with E-state index in [9.17, 15) is 0 Å². The Kier molecular flexibility index (Phi) is 5.30. The fraction of sp³-hybridized carbons (Fsp3) is 0.167. The number of benzene rings is 2. The highest BCUT2D eigenvalue weighted by Gasteiger charge is 2.09. The van der Waals surface area contributed by atoms with Crippen molar-refractivity contribution in [2.45, 2.75) is 6.54 Å². The van der Waals surface area contributed by atoms with Crippen LogP contribution in [0.5, 0.6) is 5.75 Å². The summed E-state index contributed by atoms with van der Waals surface area (Å²) in [5.41, 5.74) is 1.87. The molecule has 0 unspecified atom stereocenters. The predicted octanol–water partition coefficient (Wildman–Crippen LogP) is 3.91. The van der Waals surface area contributed by atoms with Crippen LogP contribution in [0.1, 0.15) is 5.56 Å². The van der Waals surface area contributed by atoms with Gasteiger partial charge >= 0.3 is 0 Å². The molecule has 0 aliphatic heterocycles. The van der Waals surface area contributed by atoms with Crippen molar-refractivity contribution in [2.75, 3.05) is 24.4 Å². The highest BCUT2D eigenvalue weighted by Crippen LogP contribution is 2.29. The van der Waals surface area contributed by atoms with Gasteiger partial charge in [-0.1, -0.05) is 41.9 Å². The summed E-state index contributed by atoms with van der Waals surface area (Å²) in [6, 6.07) is 15.5. The lowest BCUT2D eigenvalue weighted by atomic mass is 10.2. The summed E-state index contributed by atoms with van der Waals surface area (Å²) in [6.45, 7) is 0.722. The van der Waals surface area contributed by atoms with Crippen LogP contribution in [0.25, 0.3) is 0 Å². The molecule has 7 heteroatoms. The molecule has 25 heavy (non-hydrogen) atoms. The molecule has 3 aromatic rings. The molecule has 0 spiro atoms. The lowest BCUT2D eigenvalue weighted by molar-refractivity contribution is 0.417. The first-order valence-electron chi connectivity index (χ1n) is 7.71. The minimum atomic E-state index is 0.373. The second-order valence-electron chi connectivity index (χ2n) is 5.45. The van der Waals surface area contributed by atoms with Crippen molar-refractivity contribution >= 4 is 29.1 Å². The topological polar surface area (TPSA) is 63.2 Å². The Morgan fingerprint density at radius 2 is 1.96 bits per heavy atom. The summed E-state index contributed by atoms with van der Waals surface area (Å²) in [5, 5.41) is 11.8. The van der Waals surface area contributed by atoms with Gasteiger partial charge in [0.25, 0.3) is 0 Å². The molecule has 128 valence electrons. The SMILES string of the molecule is COc1ccc(Cl)cc1Nc1nncc(N(C)Cc2ccccc2)n1. The Bertz CT molecular complexity index is 844. The average Bonchev–Trinajstić information content (AvgIpc) is 2.63. The van der Waals surface area contributed by atoms with Crippen LogP contribution >= 0.6 is 11.6 Å². The molecule has 0 aliphatic rings. The van der Waals surface area contributed by atoms with Crippen LogP contribution in [0.2, 0.25) is 5.02 Å². The maximum atomic E-state index is 6.05. The molecule has 0 amide bonds. The van der Waals surface area contributed by atoms with Gasteiger partial charge in [0, 0.05) is 18.6 Å². The van der Waals surface area contributed by atoms with E-state index in [0.717, 1.165) is 6.54 Å². The van der Waals surface area contributed by atoms with E-state index in [1.165, 1.54) is 5.56 Å². The van der Waals surface area contributed by atoms with Crippen LogP contribution < -0.4 is 15.0 Å². The van der Waals surface area contributed by atoms with Crippen LogP contribution in [0.4, 0.5) is 17.5 Å². The van der Waals surface area contributed by atoms with Gasteiger partial charge in [-0.15, -0.1) is 5.10 Å². The fourth-order valence-electron chi connectivity index (χ4n) is 2.37. The van der Waals surface area contributed by atoms with E-state index in [-0.39, 0.29) is 0 Å². The molecule has 3 rings (SSSR count). The van der Waals surface area contributed by atoms with Crippen molar-refractivity contribution in [1.82, 2.24) is 15.2 Å². The second kappa shape index (κ2) is 7.81. The minimum Gasteiger partial charge on any atom is -0.495 e. The number of nitrogens with one attached hydrogen (secondary N) is 1. The Labute approximate surface area is 151 Å². The third-order valence-electron chi connectivity index (χ3n) is 3.61. The van der Waals surface area contributed by atoms with Gasteiger partial charge in [0.1, 0.15) is 5.75 Å². The largest absolute Gasteiger partial charge is 0.495 e. The molecule has 0 bridgehead atoms. The zero-order valence-corrected chi connectivity index (χ0v) is 14.7. The van der Waals surface area contributed by atoms with E-state index < -0.39 is 0 Å². The summed E-state index contributed by atoms with van der Waals surface area (Å²) in [6.07, 6.45) is 1.63. The number of hydrogen-bond donors (Lipinski definition) is 1. The Morgan fingerprint density at radius 1 is 1.16 bits per heavy atom. The Hall–Kier alpha value is -2.86. The molecule has 0 atom stereocenters. The lowest BCUT2D eigenvalue weighted by Crippen LogP contribution is -2.18. The minimum absolute atomic E-state index is 0.373. The molecule has 6 nitrogen and oxygen atoms in total. The number of aromatic nitrogens is 3. The maximum absolute atomic E-state index is 6.05.